The number of aliphatic hydroxyl groups is 4. The van der Waals surface area contributed by atoms with Crippen LogP contribution in [0.15, 0.2) is 0 Å². The first kappa shape index (κ1) is 11.3. The first-order chi connectivity index (χ1) is 7.49. The molecule has 2 heterocycles. The molecule has 16 heavy (non-hydrogen) atoms. The van der Waals surface area contributed by atoms with Gasteiger partial charge in [0.2, 0.25) is 0 Å². The molecule has 2 fully saturated rings. The van der Waals surface area contributed by atoms with Gasteiger partial charge in [-0.25, -0.2) is 0 Å². The highest BCUT2D eigenvalue weighted by atomic mass is 16.4. The van der Waals surface area contributed by atoms with E-state index in [-0.39, 0.29) is 0 Å². The first-order valence-electron chi connectivity index (χ1n) is 4.77. The van der Waals surface area contributed by atoms with Gasteiger partial charge in [0.25, 0.3) is 0 Å². The SMILES string of the molecule is O=C1NC2C(O)C(O)[C@@H](O)C(CO)N2C1=O. The van der Waals surface area contributed by atoms with Crippen LogP contribution in [0, 0.1) is 0 Å². The van der Waals surface area contributed by atoms with E-state index in [9.17, 15) is 24.9 Å². The molecule has 0 spiro atoms. The molecule has 0 bridgehead atoms. The Bertz CT molecular complexity index is 334. The molecular formula is C8H12N2O6. The second-order valence-corrected chi connectivity index (χ2v) is 3.85. The predicted molar refractivity (Wildman–Crippen MR) is 47.7 cm³/mol. The second-order valence-electron chi connectivity index (χ2n) is 3.85. The Morgan fingerprint density at radius 2 is 1.75 bits per heavy atom. The minimum Gasteiger partial charge on any atom is -0.394 e. The monoisotopic (exact) mass is 232 g/mol. The van der Waals surface area contributed by atoms with Crippen molar-refractivity contribution >= 4 is 11.8 Å². The van der Waals surface area contributed by atoms with Gasteiger partial charge >= 0.3 is 11.8 Å². The predicted octanol–water partition coefficient (Wildman–Crippen LogP) is -4.27. The van der Waals surface area contributed by atoms with E-state index in [1.807, 2.05) is 0 Å². The lowest BCUT2D eigenvalue weighted by Gasteiger charge is -2.44. The molecule has 90 valence electrons. The first-order valence-corrected chi connectivity index (χ1v) is 4.77. The van der Waals surface area contributed by atoms with Gasteiger partial charge in [-0.2, -0.15) is 0 Å². The molecule has 2 saturated heterocycles. The van der Waals surface area contributed by atoms with E-state index >= 15 is 0 Å². The van der Waals surface area contributed by atoms with Crippen LogP contribution in [0.25, 0.3) is 0 Å². The number of piperidine rings is 1. The van der Waals surface area contributed by atoms with Crippen molar-refractivity contribution < 1.29 is 30.0 Å². The van der Waals surface area contributed by atoms with Crippen LogP contribution < -0.4 is 5.32 Å². The van der Waals surface area contributed by atoms with Crippen LogP contribution in [0.1, 0.15) is 0 Å². The van der Waals surface area contributed by atoms with E-state index < -0.39 is 48.9 Å². The van der Waals surface area contributed by atoms with Crippen LogP contribution in [0.3, 0.4) is 0 Å². The average Bonchev–Trinajstić information content (AvgIpc) is 2.55. The summed E-state index contributed by atoms with van der Waals surface area (Å²) < 4.78 is 0. The molecule has 2 aliphatic heterocycles. The summed E-state index contributed by atoms with van der Waals surface area (Å²) in [6, 6.07) is -1.10. The summed E-state index contributed by atoms with van der Waals surface area (Å²) in [5.41, 5.74) is 0. The summed E-state index contributed by atoms with van der Waals surface area (Å²) in [5.74, 6) is -1.86. The molecule has 0 saturated carbocycles. The van der Waals surface area contributed by atoms with Crippen molar-refractivity contribution in [3.05, 3.63) is 0 Å². The highest BCUT2D eigenvalue weighted by Gasteiger charge is 2.54. The molecule has 2 amide bonds. The van der Waals surface area contributed by atoms with Gasteiger partial charge in [-0.3, -0.25) is 9.59 Å². The van der Waals surface area contributed by atoms with Gasteiger partial charge in [-0.05, 0) is 0 Å². The van der Waals surface area contributed by atoms with E-state index in [1.165, 1.54) is 0 Å². The minimum atomic E-state index is -1.52. The molecule has 0 aliphatic carbocycles. The minimum absolute atomic E-state index is 0.609. The molecule has 4 unspecified atom stereocenters. The van der Waals surface area contributed by atoms with E-state index in [0.29, 0.717) is 0 Å². The van der Waals surface area contributed by atoms with Crippen molar-refractivity contribution in [3.8, 4) is 0 Å². The summed E-state index contributed by atoms with van der Waals surface area (Å²) in [4.78, 5) is 23.4. The normalized spacial score (nSPS) is 43.2. The Kier molecular flexibility index (Phi) is 2.58. The third-order valence-corrected chi connectivity index (χ3v) is 2.97. The Labute approximate surface area is 90.1 Å². The fourth-order valence-electron chi connectivity index (χ4n) is 2.09. The number of amides is 2. The van der Waals surface area contributed by atoms with Gasteiger partial charge in [-0.1, -0.05) is 0 Å². The fourth-order valence-corrected chi connectivity index (χ4v) is 2.09. The van der Waals surface area contributed by atoms with Crippen molar-refractivity contribution in [1.82, 2.24) is 10.2 Å². The Balaban J connectivity index is 2.35. The standard InChI is InChI=1S/C8H12N2O6/c11-1-2-3(12)4(13)5(14)6-9-7(15)8(16)10(2)6/h2-6,11-14H,1H2,(H,9,15)/t2?,3-,4?,5?,6?/m0/s1. The van der Waals surface area contributed by atoms with Gasteiger partial charge in [0.1, 0.15) is 24.5 Å². The van der Waals surface area contributed by atoms with Gasteiger partial charge in [0.15, 0.2) is 0 Å². The number of nitrogens with zero attached hydrogens (tertiary/aromatic N) is 1. The molecule has 5 N–H and O–H groups in total. The van der Waals surface area contributed by atoms with Crippen molar-refractivity contribution in [1.29, 1.82) is 0 Å². The quantitative estimate of drug-likeness (QED) is 0.291. The van der Waals surface area contributed by atoms with Gasteiger partial charge in [-0.15, -0.1) is 0 Å². The topological polar surface area (TPSA) is 130 Å². The number of hydrogen-bond donors (Lipinski definition) is 5. The highest BCUT2D eigenvalue weighted by Crippen LogP contribution is 2.26. The number of aliphatic hydroxyl groups excluding tert-OH is 4. The average molecular weight is 232 g/mol. The molecule has 8 nitrogen and oxygen atoms in total. The Hall–Kier alpha value is -1.22. The molecule has 0 radical (unpaired) electrons. The van der Waals surface area contributed by atoms with Crippen molar-refractivity contribution in [2.75, 3.05) is 6.61 Å². The summed E-state index contributed by atoms with van der Waals surface area (Å²) in [7, 11) is 0. The van der Waals surface area contributed by atoms with Crippen LogP contribution in [0.5, 0.6) is 0 Å². The zero-order chi connectivity index (χ0) is 12.0. The van der Waals surface area contributed by atoms with Crippen LogP contribution in [-0.4, -0.2) is 74.3 Å². The molecule has 2 rings (SSSR count). The zero-order valence-corrected chi connectivity index (χ0v) is 8.15. The maximum absolute atomic E-state index is 11.4. The number of hydrogen-bond acceptors (Lipinski definition) is 6. The smallest absolute Gasteiger partial charge is 0.314 e. The maximum Gasteiger partial charge on any atom is 0.314 e. The molecule has 8 heteroatoms. The second kappa shape index (κ2) is 3.67. The number of fused-ring (bicyclic) bond motifs is 1. The van der Waals surface area contributed by atoms with Crippen LogP contribution in [0.4, 0.5) is 0 Å². The zero-order valence-electron chi connectivity index (χ0n) is 8.15. The number of rotatable bonds is 1. The van der Waals surface area contributed by atoms with Gasteiger partial charge in [0.05, 0.1) is 12.6 Å². The lowest BCUT2D eigenvalue weighted by molar-refractivity contribution is -0.175. The lowest BCUT2D eigenvalue weighted by Crippen LogP contribution is -2.68. The van der Waals surface area contributed by atoms with Crippen LogP contribution >= 0.6 is 0 Å². The molecular weight excluding hydrogens is 220 g/mol. The van der Waals surface area contributed by atoms with Crippen LogP contribution in [-0.2, 0) is 9.59 Å². The molecule has 0 aromatic heterocycles. The third kappa shape index (κ3) is 1.31. The fraction of sp³-hybridized carbons (Fsp3) is 0.750. The Morgan fingerprint density at radius 1 is 1.12 bits per heavy atom. The number of carbonyl (C=O) groups excluding carboxylic acids is 2. The number of carbonyl (C=O) groups is 2. The summed E-state index contributed by atoms with van der Waals surface area (Å²) in [5, 5.41) is 39.8. The summed E-state index contributed by atoms with van der Waals surface area (Å²) in [6.45, 7) is -0.609. The summed E-state index contributed by atoms with van der Waals surface area (Å²) in [6.07, 6.45) is -5.60. The van der Waals surface area contributed by atoms with Crippen molar-refractivity contribution in [2.24, 2.45) is 0 Å². The van der Waals surface area contributed by atoms with Crippen LogP contribution in [0.2, 0.25) is 0 Å². The van der Waals surface area contributed by atoms with Gasteiger partial charge < -0.3 is 30.6 Å². The maximum atomic E-state index is 11.4. The number of nitrogens with one attached hydrogen (secondary N) is 1. The van der Waals surface area contributed by atoms with Gasteiger partial charge in [0, 0.05) is 0 Å². The van der Waals surface area contributed by atoms with Crippen molar-refractivity contribution in [3.63, 3.8) is 0 Å². The Morgan fingerprint density at radius 3 is 2.31 bits per heavy atom. The largest absolute Gasteiger partial charge is 0.394 e. The molecule has 0 aromatic rings. The third-order valence-electron chi connectivity index (χ3n) is 2.97. The van der Waals surface area contributed by atoms with E-state index in [2.05, 4.69) is 5.32 Å². The van der Waals surface area contributed by atoms with E-state index in [0.717, 1.165) is 4.90 Å². The molecule has 5 atom stereocenters. The highest BCUT2D eigenvalue weighted by molar-refractivity contribution is 6.37. The summed E-state index contributed by atoms with van der Waals surface area (Å²) >= 11 is 0. The van der Waals surface area contributed by atoms with Crippen molar-refractivity contribution in [2.45, 2.75) is 30.5 Å². The molecule has 2 aliphatic rings. The lowest BCUT2D eigenvalue weighted by atomic mass is 9.92. The molecule has 0 aromatic carbocycles. The van der Waals surface area contributed by atoms with E-state index in [1.54, 1.807) is 0 Å². The van der Waals surface area contributed by atoms with E-state index in [4.69, 9.17) is 5.11 Å².